The van der Waals surface area contributed by atoms with Crippen LogP contribution in [0.3, 0.4) is 0 Å². The van der Waals surface area contributed by atoms with Gasteiger partial charge in [-0.25, -0.2) is 0 Å². The van der Waals surface area contributed by atoms with Crippen molar-refractivity contribution in [3.05, 3.63) is 34.3 Å². The lowest BCUT2D eigenvalue weighted by atomic mass is 10.1. The van der Waals surface area contributed by atoms with Gasteiger partial charge in [-0.15, -0.1) is 0 Å². The number of hydrogen-bond donors (Lipinski definition) is 0. The van der Waals surface area contributed by atoms with Crippen molar-refractivity contribution >= 4 is 23.9 Å². The number of halogens is 1. The molecule has 3 nitrogen and oxygen atoms in total. The second-order valence-electron chi connectivity index (χ2n) is 2.90. The summed E-state index contributed by atoms with van der Waals surface area (Å²) in [7, 11) is 1.29. The minimum absolute atomic E-state index is 0.0126. The highest BCUT2D eigenvalue weighted by atomic mass is 35.5. The predicted molar refractivity (Wildman–Crippen MR) is 60.4 cm³/mol. The summed E-state index contributed by atoms with van der Waals surface area (Å²) >= 11 is 5.77. The molecular weight excluding hydrogens is 228 g/mol. The number of benzene rings is 1. The second-order valence-corrected chi connectivity index (χ2v) is 3.34. The molecule has 0 unspecified atom stereocenters. The molecule has 16 heavy (non-hydrogen) atoms. The summed E-state index contributed by atoms with van der Waals surface area (Å²) < 4.78 is 4.43. The lowest BCUT2D eigenvalue weighted by molar-refractivity contribution is -0.139. The zero-order chi connectivity index (χ0) is 12.0. The summed E-state index contributed by atoms with van der Waals surface area (Å²) in [5.41, 5.74) is 0.952. The molecule has 1 rings (SSSR count). The molecule has 0 aromatic heterocycles. The van der Waals surface area contributed by atoms with Gasteiger partial charge in [-0.3, -0.25) is 9.59 Å². The molecule has 4 heteroatoms. The summed E-state index contributed by atoms with van der Waals surface area (Å²) in [5, 5.41) is 0.493. The van der Waals surface area contributed by atoms with Gasteiger partial charge >= 0.3 is 5.97 Å². The van der Waals surface area contributed by atoms with Crippen molar-refractivity contribution in [1.82, 2.24) is 0 Å². The van der Waals surface area contributed by atoms with E-state index in [1.165, 1.54) is 7.11 Å². The summed E-state index contributed by atoms with van der Waals surface area (Å²) in [6.07, 6.45) is 0.680. The first-order chi connectivity index (χ1) is 7.67. The van der Waals surface area contributed by atoms with Gasteiger partial charge in [0.05, 0.1) is 7.11 Å². The highest BCUT2D eigenvalue weighted by Crippen LogP contribution is 2.13. The Morgan fingerprint density at radius 2 is 2.31 bits per heavy atom. The lowest BCUT2D eigenvalue weighted by Gasteiger charge is -1.96. The number of hydrogen-bond acceptors (Lipinski definition) is 3. The average Bonchev–Trinajstić information content (AvgIpc) is 2.29. The molecule has 0 bridgehead atoms. The molecule has 1 aromatic rings. The summed E-state index contributed by atoms with van der Waals surface area (Å²) in [5.74, 6) is 4.90. The zero-order valence-corrected chi connectivity index (χ0v) is 9.38. The molecule has 0 saturated carbocycles. The Hall–Kier alpha value is -1.79. The Balaban J connectivity index is 2.90. The Morgan fingerprint density at radius 1 is 1.56 bits per heavy atom. The van der Waals surface area contributed by atoms with Gasteiger partial charge < -0.3 is 4.74 Å². The normalized spacial score (nSPS) is 8.88. The summed E-state index contributed by atoms with van der Waals surface area (Å²) in [6.45, 7) is 0. The minimum Gasteiger partial charge on any atom is -0.468 e. The fraction of sp³-hybridized carbons (Fsp3) is 0.167. The Kier molecular flexibility index (Phi) is 4.56. The second kappa shape index (κ2) is 5.94. The van der Waals surface area contributed by atoms with E-state index in [1.54, 1.807) is 18.2 Å². The Bertz CT molecular complexity index is 469. The first-order valence-corrected chi connectivity index (χ1v) is 4.85. The van der Waals surface area contributed by atoms with Gasteiger partial charge in [0.2, 0.25) is 0 Å². The van der Waals surface area contributed by atoms with Crippen molar-refractivity contribution in [3.63, 3.8) is 0 Å². The fourth-order valence-corrected chi connectivity index (χ4v) is 1.20. The molecule has 0 aliphatic rings. The third kappa shape index (κ3) is 3.41. The Morgan fingerprint density at radius 3 is 2.94 bits per heavy atom. The van der Waals surface area contributed by atoms with Gasteiger partial charge in [0.1, 0.15) is 6.42 Å². The molecule has 0 amide bonds. The maximum Gasteiger partial charge on any atom is 0.317 e. The molecular formula is C12H9ClO3. The lowest BCUT2D eigenvalue weighted by Crippen LogP contribution is -1.97. The molecule has 0 aliphatic carbocycles. The molecule has 0 saturated heterocycles. The largest absolute Gasteiger partial charge is 0.468 e. The number of carbonyl (C=O) groups excluding carboxylic acids is 2. The highest BCUT2D eigenvalue weighted by molar-refractivity contribution is 6.30. The van der Waals surface area contributed by atoms with E-state index in [-0.39, 0.29) is 6.42 Å². The molecule has 0 N–H and O–H groups in total. The predicted octanol–water partition coefficient (Wildman–Crippen LogP) is 2.07. The Labute approximate surface area is 98.4 Å². The zero-order valence-electron chi connectivity index (χ0n) is 8.62. The van der Waals surface area contributed by atoms with Gasteiger partial charge in [0.25, 0.3) is 0 Å². The SMILES string of the molecule is COC(=O)CC#Cc1cc(Cl)ccc1C=O. The molecule has 0 aliphatic heterocycles. The number of carbonyl (C=O) groups is 2. The van der Waals surface area contributed by atoms with Crippen molar-refractivity contribution in [2.24, 2.45) is 0 Å². The number of methoxy groups -OCH3 is 1. The first-order valence-electron chi connectivity index (χ1n) is 4.47. The van der Waals surface area contributed by atoms with Crippen LogP contribution < -0.4 is 0 Å². The van der Waals surface area contributed by atoms with Crippen LogP contribution in [0.25, 0.3) is 0 Å². The van der Waals surface area contributed by atoms with Crippen molar-refractivity contribution in [3.8, 4) is 11.8 Å². The summed E-state index contributed by atoms with van der Waals surface area (Å²) in [6, 6.07) is 4.77. The van der Waals surface area contributed by atoms with E-state index in [4.69, 9.17) is 11.6 Å². The average molecular weight is 237 g/mol. The van der Waals surface area contributed by atoms with Crippen molar-refractivity contribution in [2.75, 3.05) is 7.11 Å². The number of ether oxygens (including phenoxy) is 1. The van der Waals surface area contributed by atoms with Gasteiger partial charge in [-0.05, 0) is 18.2 Å². The van der Waals surface area contributed by atoms with E-state index in [2.05, 4.69) is 16.6 Å². The van der Waals surface area contributed by atoms with Gasteiger partial charge in [0.15, 0.2) is 6.29 Å². The molecule has 0 spiro atoms. The van der Waals surface area contributed by atoms with Crippen molar-refractivity contribution < 1.29 is 14.3 Å². The molecule has 0 heterocycles. The molecule has 1 aromatic carbocycles. The minimum atomic E-state index is -0.415. The standard InChI is InChI=1S/C12H9ClO3/c1-16-12(15)4-2-3-9-7-11(13)6-5-10(9)8-14/h5-8H,4H2,1H3. The van der Waals surface area contributed by atoms with Crippen molar-refractivity contribution in [2.45, 2.75) is 6.42 Å². The molecule has 0 fully saturated rings. The molecule has 0 radical (unpaired) electrons. The molecule has 82 valence electrons. The van der Waals surface area contributed by atoms with Gasteiger partial charge in [0, 0.05) is 16.1 Å². The maximum absolute atomic E-state index is 10.8. The third-order valence-electron chi connectivity index (χ3n) is 1.83. The van der Waals surface area contributed by atoms with Crippen LogP contribution in [0.15, 0.2) is 18.2 Å². The van der Waals surface area contributed by atoms with Crippen LogP contribution in [0.5, 0.6) is 0 Å². The number of rotatable bonds is 2. The number of aldehydes is 1. The van der Waals surface area contributed by atoms with E-state index in [9.17, 15) is 9.59 Å². The van der Waals surface area contributed by atoms with Gasteiger partial charge in [-0.1, -0.05) is 23.4 Å². The number of esters is 1. The maximum atomic E-state index is 10.8. The van der Waals surface area contributed by atoms with Crippen LogP contribution in [0.4, 0.5) is 0 Å². The third-order valence-corrected chi connectivity index (χ3v) is 2.06. The van der Waals surface area contributed by atoms with Crippen LogP contribution in [0.2, 0.25) is 5.02 Å². The van der Waals surface area contributed by atoms with E-state index < -0.39 is 5.97 Å². The summed E-state index contributed by atoms with van der Waals surface area (Å²) in [4.78, 5) is 21.5. The van der Waals surface area contributed by atoms with E-state index >= 15 is 0 Å². The quantitative estimate of drug-likeness (QED) is 0.449. The monoisotopic (exact) mass is 236 g/mol. The van der Waals surface area contributed by atoms with Crippen LogP contribution in [-0.4, -0.2) is 19.4 Å². The van der Waals surface area contributed by atoms with E-state index in [1.807, 2.05) is 0 Å². The first kappa shape index (κ1) is 12.3. The van der Waals surface area contributed by atoms with Gasteiger partial charge in [-0.2, -0.15) is 0 Å². The van der Waals surface area contributed by atoms with Crippen LogP contribution in [0, 0.1) is 11.8 Å². The van der Waals surface area contributed by atoms with Crippen LogP contribution >= 0.6 is 11.6 Å². The molecule has 0 atom stereocenters. The van der Waals surface area contributed by atoms with Crippen molar-refractivity contribution in [1.29, 1.82) is 0 Å². The van der Waals surface area contributed by atoms with E-state index in [0.29, 0.717) is 22.4 Å². The fourth-order valence-electron chi connectivity index (χ4n) is 1.02. The van der Waals surface area contributed by atoms with E-state index in [0.717, 1.165) is 0 Å². The van der Waals surface area contributed by atoms with Crippen LogP contribution in [-0.2, 0) is 9.53 Å². The topological polar surface area (TPSA) is 43.4 Å². The highest BCUT2D eigenvalue weighted by Gasteiger charge is 2.00. The smallest absolute Gasteiger partial charge is 0.317 e. The van der Waals surface area contributed by atoms with Crippen LogP contribution in [0.1, 0.15) is 22.3 Å².